The van der Waals surface area contributed by atoms with E-state index in [0.29, 0.717) is 0 Å². The number of halogens is 1. The second kappa shape index (κ2) is 5.83. The van der Waals surface area contributed by atoms with E-state index in [1.54, 1.807) is 0 Å². The van der Waals surface area contributed by atoms with Crippen LogP contribution in [0.5, 0.6) is 0 Å². The number of thiophene rings is 1. The molecule has 0 aliphatic carbocycles. The van der Waals surface area contributed by atoms with E-state index >= 15 is 0 Å². The van der Waals surface area contributed by atoms with Gasteiger partial charge < -0.3 is 4.90 Å². The maximum atomic E-state index is 9.25. The Kier molecular flexibility index (Phi) is 4.41. The summed E-state index contributed by atoms with van der Waals surface area (Å²) >= 11 is 7.43. The molecule has 5 heteroatoms. The van der Waals surface area contributed by atoms with Crippen molar-refractivity contribution in [1.29, 1.82) is 5.26 Å². The number of piperazine rings is 1. The fourth-order valence-electron chi connectivity index (χ4n) is 2.00. The van der Waals surface area contributed by atoms with Crippen LogP contribution >= 0.6 is 22.9 Å². The predicted octanol–water partition coefficient (Wildman–Crippen LogP) is 2.26. The molecule has 1 aliphatic rings. The molecule has 0 radical (unpaired) electrons. The van der Waals surface area contributed by atoms with Crippen molar-refractivity contribution in [2.24, 2.45) is 0 Å². The molecule has 2 rings (SSSR count). The van der Waals surface area contributed by atoms with Gasteiger partial charge in [-0.05, 0) is 19.2 Å². The molecule has 1 aromatic heterocycles. The van der Waals surface area contributed by atoms with E-state index in [2.05, 4.69) is 22.9 Å². The average molecular weight is 270 g/mol. The van der Waals surface area contributed by atoms with Gasteiger partial charge in [-0.3, -0.25) is 4.90 Å². The molecular formula is C12H16ClN3S. The molecule has 1 fully saturated rings. The Balaban J connectivity index is 1.94. The number of hydrogen-bond acceptors (Lipinski definition) is 4. The van der Waals surface area contributed by atoms with Crippen molar-refractivity contribution in [3.8, 4) is 6.07 Å². The van der Waals surface area contributed by atoms with E-state index in [1.807, 2.05) is 12.1 Å². The Labute approximate surface area is 111 Å². The zero-order valence-electron chi connectivity index (χ0n) is 9.90. The highest BCUT2D eigenvalue weighted by atomic mass is 35.5. The lowest BCUT2D eigenvalue weighted by molar-refractivity contribution is 0.152. The monoisotopic (exact) mass is 269 g/mol. The third-order valence-electron chi connectivity index (χ3n) is 3.13. The van der Waals surface area contributed by atoms with E-state index < -0.39 is 0 Å². The van der Waals surface area contributed by atoms with E-state index in [4.69, 9.17) is 11.6 Å². The molecule has 17 heavy (non-hydrogen) atoms. The first-order valence-corrected chi connectivity index (χ1v) is 6.94. The van der Waals surface area contributed by atoms with Crippen molar-refractivity contribution in [2.45, 2.75) is 5.92 Å². The van der Waals surface area contributed by atoms with Crippen LogP contribution in [0.4, 0.5) is 0 Å². The highest BCUT2D eigenvalue weighted by molar-refractivity contribution is 7.16. The smallest absolute Gasteiger partial charge is 0.0933 e. The molecule has 1 aromatic rings. The van der Waals surface area contributed by atoms with Crippen LogP contribution in [-0.4, -0.2) is 49.6 Å². The first-order valence-electron chi connectivity index (χ1n) is 5.75. The van der Waals surface area contributed by atoms with Gasteiger partial charge in [-0.25, -0.2) is 0 Å². The van der Waals surface area contributed by atoms with Gasteiger partial charge in [-0.1, -0.05) is 11.6 Å². The molecule has 0 bridgehead atoms. The average Bonchev–Trinajstić information content (AvgIpc) is 2.75. The highest BCUT2D eigenvalue weighted by Gasteiger charge is 2.20. The van der Waals surface area contributed by atoms with E-state index in [0.717, 1.165) is 41.9 Å². The second-order valence-electron chi connectivity index (χ2n) is 4.43. The molecule has 0 N–H and O–H groups in total. The summed E-state index contributed by atoms with van der Waals surface area (Å²) in [5.41, 5.74) is 0. The number of nitriles is 1. The summed E-state index contributed by atoms with van der Waals surface area (Å²) in [5.74, 6) is -0.0455. The highest BCUT2D eigenvalue weighted by Crippen LogP contribution is 2.28. The minimum atomic E-state index is -0.0455. The van der Waals surface area contributed by atoms with Crippen LogP contribution in [0.1, 0.15) is 10.8 Å². The molecular weight excluding hydrogens is 254 g/mol. The van der Waals surface area contributed by atoms with E-state index in [1.165, 1.54) is 11.3 Å². The molecule has 0 spiro atoms. The Bertz CT molecular complexity index is 404. The van der Waals surface area contributed by atoms with Gasteiger partial charge in [0.15, 0.2) is 0 Å². The number of rotatable bonds is 3. The maximum absolute atomic E-state index is 9.25. The normalized spacial score (nSPS) is 20.1. The van der Waals surface area contributed by atoms with Gasteiger partial charge in [-0.15, -0.1) is 11.3 Å². The van der Waals surface area contributed by atoms with E-state index in [9.17, 15) is 5.26 Å². The van der Waals surface area contributed by atoms with Gasteiger partial charge in [0.05, 0.1) is 16.3 Å². The summed E-state index contributed by atoms with van der Waals surface area (Å²) in [6.07, 6.45) is 0. The lowest BCUT2D eigenvalue weighted by Crippen LogP contribution is -2.45. The van der Waals surface area contributed by atoms with Crippen LogP contribution in [0.3, 0.4) is 0 Å². The Morgan fingerprint density at radius 3 is 2.65 bits per heavy atom. The minimum Gasteiger partial charge on any atom is -0.304 e. The van der Waals surface area contributed by atoms with Gasteiger partial charge in [0.1, 0.15) is 0 Å². The zero-order chi connectivity index (χ0) is 12.3. The number of hydrogen-bond donors (Lipinski definition) is 0. The van der Waals surface area contributed by atoms with Gasteiger partial charge in [-0.2, -0.15) is 5.26 Å². The standard InChI is InChI=1S/C12H16ClN3S/c1-15-4-6-16(7-5-15)9-10(8-14)11-2-3-12(13)17-11/h2-3,10H,4-7,9H2,1H3. The molecule has 2 heterocycles. The van der Waals surface area contributed by atoms with Crippen LogP contribution in [0.25, 0.3) is 0 Å². The van der Waals surface area contributed by atoms with Crippen molar-refractivity contribution < 1.29 is 0 Å². The topological polar surface area (TPSA) is 30.3 Å². The second-order valence-corrected chi connectivity index (χ2v) is 6.17. The van der Waals surface area contributed by atoms with Gasteiger partial charge in [0.2, 0.25) is 0 Å². The molecule has 0 aromatic carbocycles. The molecule has 0 saturated carbocycles. The van der Waals surface area contributed by atoms with Crippen molar-refractivity contribution in [1.82, 2.24) is 9.80 Å². The molecule has 1 aliphatic heterocycles. The maximum Gasteiger partial charge on any atom is 0.0933 e. The molecule has 1 atom stereocenters. The SMILES string of the molecule is CN1CCN(CC(C#N)c2ccc(Cl)s2)CC1. The third kappa shape index (κ3) is 3.43. The fraction of sp³-hybridized carbons (Fsp3) is 0.583. The zero-order valence-corrected chi connectivity index (χ0v) is 11.5. The third-order valence-corrected chi connectivity index (χ3v) is 4.47. The van der Waals surface area contributed by atoms with Gasteiger partial charge in [0, 0.05) is 37.6 Å². The summed E-state index contributed by atoms with van der Waals surface area (Å²) in [5, 5.41) is 9.25. The van der Waals surface area contributed by atoms with E-state index in [-0.39, 0.29) is 5.92 Å². The molecule has 3 nitrogen and oxygen atoms in total. The lowest BCUT2D eigenvalue weighted by atomic mass is 10.1. The van der Waals surface area contributed by atoms with Crippen molar-refractivity contribution in [3.63, 3.8) is 0 Å². The fourth-order valence-corrected chi connectivity index (χ4v) is 3.10. The molecule has 1 unspecified atom stereocenters. The number of nitrogens with zero attached hydrogens (tertiary/aromatic N) is 3. The van der Waals surface area contributed by atoms with Gasteiger partial charge in [0.25, 0.3) is 0 Å². The van der Waals surface area contributed by atoms with Crippen molar-refractivity contribution in [2.75, 3.05) is 39.8 Å². The Morgan fingerprint density at radius 1 is 1.41 bits per heavy atom. The van der Waals surface area contributed by atoms with Crippen LogP contribution in [0.15, 0.2) is 12.1 Å². The van der Waals surface area contributed by atoms with Gasteiger partial charge >= 0.3 is 0 Å². The van der Waals surface area contributed by atoms with Crippen molar-refractivity contribution >= 4 is 22.9 Å². The summed E-state index contributed by atoms with van der Waals surface area (Å²) < 4.78 is 0.763. The molecule has 0 amide bonds. The van der Waals surface area contributed by atoms with Crippen LogP contribution < -0.4 is 0 Å². The summed E-state index contributed by atoms with van der Waals surface area (Å²) in [6.45, 7) is 5.09. The van der Waals surface area contributed by atoms with Crippen molar-refractivity contribution in [3.05, 3.63) is 21.3 Å². The summed E-state index contributed by atoms with van der Waals surface area (Å²) in [7, 11) is 2.14. The molecule has 1 saturated heterocycles. The van der Waals surface area contributed by atoms with Crippen LogP contribution in [0, 0.1) is 11.3 Å². The summed E-state index contributed by atoms with van der Waals surface area (Å²) in [6, 6.07) is 6.23. The predicted molar refractivity (Wildman–Crippen MR) is 71.6 cm³/mol. The number of likely N-dealkylation sites (N-methyl/N-ethyl adjacent to an activating group) is 1. The Hall–Kier alpha value is -0.600. The first kappa shape index (κ1) is 12.8. The van der Waals surface area contributed by atoms with Crippen LogP contribution in [-0.2, 0) is 0 Å². The minimum absolute atomic E-state index is 0.0455. The quantitative estimate of drug-likeness (QED) is 0.843. The largest absolute Gasteiger partial charge is 0.304 e. The first-order chi connectivity index (χ1) is 8.19. The Morgan fingerprint density at radius 2 is 2.12 bits per heavy atom. The lowest BCUT2D eigenvalue weighted by Gasteiger charge is -2.33. The summed E-state index contributed by atoms with van der Waals surface area (Å²) in [4.78, 5) is 5.76. The molecule has 92 valence electrons. The van der Waals surface area contributed by atoms with Crippen LogP contribution in [0.2, 0.25) is 4.34 Å².